The van der Waals surface area contributed by atoms with Crippen LogP contribution in [0.25, 0.3) is 10.8 Å². The van der Waals surface area contributed by atoms with Crippen LogP contribution >= 0.6 is 0 Å². The van der Waals surface area contributed by atoms with Crippen LogP contribution in [-0.4, -0.2) is 84.8 Å². The number of pyridine rings is 1. The minimum Gasteiger partial charge on any atom is -0.505 e. The topological polar surface area (TPSA) is 96.2 Å². The highest BCUT2D eigenvalue weighted by atomic mass is 19.1. The number of hydrogen-bond acceptors (Lipinski definition) is 8. The molecular formula is C32H35FN6O3. The molecule has 1 aromatic heterocycles. The minimum atomic E-state index is -0.632. The van der Waals surface area contributed by atoms with Gasteiger partial charge in [-0.25, -0.2) is 9.37 Å². The number of nitriles is 1. The van der Waals surface area contributed by atoms with Gasteiger partial charge in [-0.3, -0.25) is 4.79 Å². The van der Waals surface area contributed by atoms with Gasteiger partial charge in [0.2, 0.25) is 11.8 Å². The third-order valence-electron chi connectivity index (χ3n) is 8.85. The first-order chi connectivity index (χ1) is 20.4. The van der Waals surface area contributed by atoms with Crippen molar-refractivity contribution in [1.29, 1.82) is 5.26 Å². The molecule has 42 heavy (non-hydrogen) atoms. The number of aromatic nitrogens is 1. The van der Waals surface area contributed by atoms with Gasteiger partial charge in [0, 0.05) is 66.9 Å². The fourth-order valence-electron chi connectivity index (χ4n) is 6.51. The van der Waals surface area contributed by atoms with Gasteiger partial charge in [-0.2, -0.15) is 5.26 Å². The molecule has 2 fully saturated rings. The predicted octanol–water partition coefficient (Wildman–Crippen LogP) is 3.82. The summed E-state index contributed by atoms with van der Waals surface area (Å²) in [5, 5.41) is 21.9. The highest BCUT2D eigenvalue weighted by Crippen LogP contribution is 2.41. The number of benzene rings is 2. The molecule has 2 aromatic carbocycles. The van der Waals surface area contributed by atoms with Crippen LogP contribution in [0.15, 0.2) is 43.0 Å². The van der Waals surface area contributed by atoms with Crippen LogP contribution in [0, 0.1) is 17.1 Å². The van der Waals surface area contributed by atoms with Crippen molar-refractivity contribution in [2.24, 2.45) is 0 Å². The molecule has 9 nitrogen and oxygen atoms in total. The second-order valence-corrected chi connectivity index (χ2v) is 11.2. The first-order valence-corrected chi connectivity index (χ1v) is 14.5. The summed E-state index contributed by atoms with van der Waals surface area (Å²) in [4.78, 5) is 25.5. The van der Waals surface area contributed by atoms with E-state index in [1.807, 2.05) is 12.1 Å². The van der Waals surface area contributed by atoms with E-state index in [0.29, 0.717) is 74.5 Å². The number of likely N-dealkylation sites (tertiary alicyclic amines) is 1. The van der Waals surface area contributed by atoms with Crippen LogP contribution in [0.3, 0.4) is 0 Å². The number of ether oxygens (including phenoxy) is 1. The fourth-order valence-corrected chi connectivity index (χ4v) is 6.51. The Morgan fingerprint density at radius 3 is 2.64 bits per heavy atom. The molecule has 3 aliphatic rings. The first-order valence-electron chi connectivity index (χ1n) is 14.5. The molecule has 0 saturated carbocycles. The summed E-state index contributed by atoms with van der Waals surface area (Å²) in [6, 6.07) is 11.3. The fraction of sp³-hybridized carbons (Fsp3) is 0.406. The third kappa shape index (κ3) is 4.98. The number of piperazine rings is 1. The lowest BCUT2D eigenvalue weighted by Gasteiger charge is -2.39. The average Bonchev–Trinajstić information content (AvgIpc) is 3.44. The van der Waals surface area contributed by atoms with Gasteiger partial charge < -0.3 is 29.4 Å². The van der Waals surface area contributed by atoms with Crippen molar-refractivity contribution in [1.82, 2.24) is 14.8 Å². The SMILES string of the molecule is C=CC(=O)N1CCN(c2c(C#N)c(OCC3CCCN3C)nc3c2CCN(c2cc(O)c(F)c4ccccc24)C3)CC1. The molecule has 0 bridgehead atoms. The van der Waals surface area contributed by atoms with Crippen molar-refractivity contribution in [3.8, 4) is 17.7 Å². The molecule has 2 saturated heterocycles. The number of likely N-dealkylation sites (N-methyl/N-ethyl adjacent to an activating group) is 1. The zero-order chi connectivity index (χ0) is 29.4. The lowest BCUT2D eigenvalue weighted by atomic mass is 9.97. The van der Waals surface area contributed by atoms with E-state index >= 15 is 0 Å². The smallest absolute Gasteiger partial charge is 0.246 e. The maximum absolute atomic E-state index is 14.8. The number of aromatic hydroxyl groups is 1. The molecule has 10 heteroatoms. The first kappa shape index (κ1) is 27.8. The van der Waals surface area contributed by atoms with Crippen molar-refractivity contribution in [3.05, 3.63) is 65.6 Å². The molecule has 3 aromatic rings. The van der Waals surface area contributed by atoms with Gasteiger partial charge in [-0.15, -0.1) is 0 Å². The highest BCUT2D eigenvalue weighted by Gasteiger charge is 2.32. The predicted molar refractivity (Wildman–Crippen MR) is 159 cm³/mol. The summed E-state index contributed by atoms with van der Waals surface area (Å²) in [7, 11) is 2.09. The Hall–Kier alpha value is -4.36. The van der Waals surface area contributed by atoms with E-state index < -0.39 is 5.82 Å². The van der Waals surface area contributed by atoms with E-state index in [4.69, 9.17) is 9.72 Å². The highest BCUT2D eigenvalue weighted by molar-refractivity contribution is 5.96. The summed E-state index contributed by atoms with van der Waals surface area (Å²) >= 11 is 0. The maximum atomic E-state index is 14.8. The molecule has 0 aliphatic carbocycles. The number of phenols is 1. The number of amides is 1. The van der Waals surface area contributed by atoms with Crippen LogP contribution in [0.1, 0.15) is 29.7 Å². The van der Waals surface area contributed by atoms with Crippen LogP contribution < -0.4 is 14.5 Å². The number of phenolic OH excluding ortho intramolecular Hbond substituents is 1. The van der Waals surface area contributed by atoms with Crippen molar-refractivity contribution >= 4 is 28.1 Å². The quantitative estimate of drug-likeness (QED) is 0.447. The zero-order valence-corrected chi connectivity index (χ0v) is 23.9. The molecule has 3 aliphatic heterocycles. The lowest BCUT2D eigenvalue weighted by molar-refractivity contribution is -0.126. The lowest BCUT2D eigenvalue weighted by Crippen LogP contribution is -2.49. The van der Waals surface area contributed by atoms with Gasteiger partial charge in [0.1, 0.15) is 18.2 Å². The van der Waals surface area contributed by atoms with Crippen molar-refractivity contribution in [2.75, 3.05) is 62.7 Å². The second kappa shape index (κ2) is 11.5. The summed E-state index contributed by atoms with van der Waals surface area (Å²) in [6.07, 6.45) is 4.09. The molecule has 6 rings (SSSR count). The summed E-state index contributed by atoms with van der Waals surface area (Å²) < 4.78 is 21.1. The number of anilines is 2. The summed E-state index contributed by atoms with van der Waals surface area (Å²) in [6.45, 7) is 8.31. The van der Waals surface area contributed by atoms with Crippen LogP contribution in [0.4, 0.5) is 15.8 Å². The summed E-state index contributed by atoms with van der Waals surface area (Å²) in [5.74, 6) is -0.793. The normalized spacial score (nSPS) is 19.1. The van der Waals surface area contributed by atoms with E-state index in [0.717, 1.165) is 42.0 Å². The number of fused-ring (bicyclic) bond motifs is 2. The number of nitrogens with zero attached hydrogens (tertiary/aromatic N) is 6. The zero-order valence-electron chi connectivity index (χ0n) is 23.9. The van der Waals surface area contributed by atoms with Gasteiger partial charge >= 0.3 is 0 Å². The van der Waals surface area contributed by atoms with E-state index in [1.165, 1.54) is 12.1 Å². The van der Waals surface area contributed by atoms with Gasteiger partial charge in [0.25, 0.3) is 0 Å². The average molecular weight is 571 g/mol. The van der Waals surface area contributed by atoms with Crippen molar-refractivity contribution in [2.45, 2.75) is 31.8 Å². The standard InChI is InChI=1S/C32H35FN6O3/c1-3-29(41)37-13-15-38(16-14-37)31-24-10-12-39(27-17-28(40)30(33)23-9-5-4-8-22(23)27)19-26(24)35-32(25(31)18-34)42-20-21-7-6-11-36(21)2/h3-5,8-9,17,21,40H,1,6-7,10-16,19-20H2,2H3. The number of carbonyl (C=O) groups excluding carboxylic acids is 1. The van der Waals surface area contributed by atoms with Crippen molar-refractivity contribution < 1.29 is 19.0 Å². The second-order valence-electron chi connectivity index (χ2n) is 11.2. The number of rotatable bonds is 6. The largest absolute Gasteiger partial charge is 0.505 e. The molecular weight excluding hydrogens is 535 g/mol. The third-order valence-corrected chi connectivity index (χ3v) is 8.85. The van der Waals surface area contributed by atoms with Crippen LogP contribution in [-0.2, 0) is 17.8 Å². The van der Waals surface area contributed by atoms with Crippen LogP contribution in [0.2, 0.25) is 0 Å². The number of hydrogen-bond donors (Lipinski definition) is 1. The Balaban J connectivity index is 1.38. The van der Waals surface area contributed by atoms with Crippen LogP contribution in [0.5, 0.6) is 11.6 Å². The van der Waals surface area contributed by atoms with E-state index in [1.54, 1.807) is 17.0 Å². The molecule has 1 atom stereocenters. The number of halogens is 1. The van der Waals surface area contributed by atoms with Gasteiger partial charge in [-0.05, 0) is 38.9 Å². The molecule has 218 valence electrons. The molecule has 1 N–H and O–H groups in total. The molecule has 0 spiro atoms. The minimum absolute atomic E-state index is 0.0953. The van der Waals surface area contributed by atoms with Gasteiger partial charge in [0.15, 0.2) is 11.6 Å². The molecule has 1 amide bonds. The van der Waals surface area contributed by atoms with E-state index in [-0.39, 0.29) is 17.7 Å². The molecule has 0 radical (unpaired) electrons. The summed E-state index contributed by atoms with van der Waals surface area (Å²) in [5.41, 5.74) is 3.77. The van der Waals surface area contributed by atoms with E-state index in [2.05, 4.69) is 34.4 Å². The Morgan fingerprint density at radius 2 is 1.95 bits per heavy atom. The molecule has 1 unspecified atom stereocenters. The number of carbonyl (C=O) groups is 1. The Bertz CT molecular complexity index is 1580. The van der Waals surface area contributed by atoms with Gasteiger partial charge in [-0.1, -0.05) is 30.8 Å². The monoisotopic (exact) mass is 570 g/mol. The van der Waals surface area contributed by atoms with Gasteiger partial charge in [0.05, 0.1) is 17.9 Å². The van der Waals surface area contributed by atoms with Crippen molar-refractivity contribution in [3.63, 3.8) is 0 Å². The van der Waals surface area contributed by atoms with E-state index in [9.17, 15) is 19.6 Å². The molecule has 4 heterocycles. The Kier molecular flexibility index (Phi) is 7.60. The maximum Gasteiger partial charge on any atom is 0.246 e. The Morgan fingerprint density at radius 1 is 1.19 bits per heavy atom. The Labute approximate surface area is 245 Å².